The monoisotopic (exact) mass is 396 g/mol. The van der Waals surface area contributed by atoms with Crippen LogP contribution in [0.5, 0.6) is 0 Å². The van der Waals surface area contributed by atoms with Crippen LogP contribution in [-0.4, -0.2) is 22.2 Å². The van der Waals surface area contributed by atoms with Gasteiger partial charge < -0.3 is 10.2 Å². The van der Waals surface area contributed by atoms with Gasteiger partial charge in [-0.15, -0.1) is 0 Å². The van der Waals surface area contributed by atoms with Gasteiger partial charge in [0.05, 0.1) is 0 Å². The molecule has 0 aliphatic heterocycles. The second kappa shape index (κ2) is 20.4. The van der Waals surface area contributed by atoms with Crippen LogP contribution in [0.3, 0.4) is 0 Å². The smallest absolute Gasteiger partial charge is 0.321 e. The number of carboxylic acid groups (broad SMARTS) is 2. The standard InChI is InChI=1S/C24H44O4/c1-2-3-4-5-6-7-8-9-10-11-12-13-14-15-16-17-18-19-20-21-22(23(25)26)24(27)28/h20-22H,2-19H2,1H3,(H,25,26)(H,27,28). The zero-order valence-electron chi connectivity index (χ0n) is 18.2. The Bertz CT molecular complexity index is 389. The second-order valence-corrected chi connectivity index (χ2v) is 8.03. The summed E-state index contributed by atoms with van der Waals surface area (Å²) in [4.78, 5) is 21.5. The number of carbonyl (C=O) groups is 2. The Hall–Kier alpha value is -1.32. The highest BCUT2D eigenvalue weighted by Gasteiger charge is 2.21. The minimum absolute atomic E-state index is 0.760. The third kappa shape index (κ3) is 18.1. The van der Waals surface area contributed by atoms with Gasteiger partial charge in [0.1, 0.15) is 0 Å². The van der Waals surface area contributed by atoms with E-state index >= 15 is 0 Å². The van der Waals surface area contributed by atoms with Gasteiger partial charge in [-0.05, 0) is 12.8 Å². The molecule has 28 heavy (non-hydrogen) atoms. The van der Waals surface area contributed by atoms with Crippen LogP contribution in [0.2, 0.25) is 0 Å². The lowest BCUT2D eigenvalue weighted by molar-refractivity contribution is -0.151. The summed E-state index contributed by atoms with van der Waals surface area (Å²) in [5.74, 6) is -4.01. The number of hydrogen-bond acceptors (Lipinski definition) is 2. The van der Waals surface area contributed by atoms with Gasteiger partial charge >= 0.3 is 11.9 Å². The van der Waals surface area contributed by atoms with Crippen molar-refractivity contribution in [1.29, 1.82) is 0 Å². The van der Waals surface area contributed by atoms with E-state index in [4.69, 9.17) is 10.2 Å². The van der Waals surface area contributed by atoms with E-state index in [-0.39, 0.29) is 0 Å². The number of aliphatic carboxylic acids is 2. The van der Waals surface area contributed by atoms with E-state index < -0.39 is 17.9 Å². The second-order valence-electron chi connectivity index (χ2n) is 8.03. The van der Waals surface area contributed by atoms with Crippen LogP contribution in [0.15, 0.2) is 12.2 Å². The average Bonchev–Trinajstić information content (AvgIpc) is 2.65. The van der Waals surface area contributed by atoms with Crippen LogP contribution in [0.4, 0.5) is 0 Å². The Kier molecular flexibility index (Phi) is 19.5. The van der Waals surface area contributed by atoms with E-state index in [1.807, 2.05) is 0 Å². The lowest BCUT2D eigenvalue weighted by atomic mass is 10.0. The summed E-state index contributed by atoms with van der Waals surface area (Å²) in [6.07, 6.45) is 26.4. The van der Waals surface area contributed by atoms with Gasteiger partial charge in [-0.2, -0.15) is 0 Å². The molecule has 0 heterocycles. The summed E-state index contributed by atoms with van der Waals surface area (Å²) in [5.41, 5.74) is 0. The summed E-state index contributed by atoms with van der Waals surface area (Å²) in [5, 5.41) is 17.5. The quantitative estimate of drug-likeness (QED) is 0.121. The number of hydrogen-bond donors (Lipinski definition) is 2. The number of allylic oxidation sites excluding steroid dienone is 1. The SMILES string of the molecule is CCCCCCCCCCCCCCCCCCCC=CC(C(=O)O)C(=O)O. The minimum Gasteiger partial charge on any atom is -0.480 e. The van der Waals surface area contributed by atoms with Gasteiger partial charge in [-0.3, -0.25) is 9.59 Å². The zero-order valence-corrected chi connectivity index (χ0v) is 18.2. The third-order valence-corrected chi connectivity index (χ3v) is 5.33. The van der Waals surface area contributed by atoms with Gasteiger partial charge in [-0.1, -0.05) is 122 Å². The molecule has 164 valence electrons. The van der Waals surface area contributed by atoms with Gasteiger partial charge in [0.25, 0.3) is 0 Å². The summed E-state index contributed by atoms with van der Waals surface area (Å²) in [7, 11) is 0. The van der Waals surface area contributed by atoms with Gasteiger partial charge in [0.15, 0.2) is 5.92 Å². The van der Waals surface area contributed by atoms with E-state index in [0.29, 0.717) is 0 Å². The minimum atomic E-state index is -1.41. The maximum atomic E-state index is 10.7. The van der Waals surface area contributed by atoms with Crippen molar-refractivity contribution in [2.75, 3.05) is 0 Å². The summed E-state index contributed by atoms with van der Waals surface area (Å²) in [6.45, 7) is 2.27. The molecule has 0 aliphatic rings. The maximum absolute atomic E-state index is 10.7. The first-order chi connectivity index (χ1) is 13.6. The molecule has 0 atom stereocenters. The molecular weight excluding hydrogens is 352 g/mol. The first-order valence-corrected chi connectivity index (χ1v) is 11.7. The van der Waals surface area contributed by atoms with Crippen LogP contribution < -0.4 is 0 Å². The molecule has 0 saturated carbocycles. The molecular formula is C24H44O4. The maximum Gasteiger partial charge on any atom is 0.321 e. The van der Waals surface area contributed by atoms with Crippen molar-refractivity contribution in [2.24, 2.45) is 5.92 Å². The van der Waals surface area contributed by atoms with E-state index in [2.05, 4.69) is 6.92 Å². The first-order valence-electron chi connectivity index (χ1n) is 11.7. The van der Waals surface area contributed by atoms with E-state index in [1.165, 1.54) is 102 Å². The fourth-order valence-electron chi connectivity index (χ4n) is 3.49. The van der Waals surface area contributed by atoms with Gasteiger partial charge in [0, 0.05) is 0 Å². The summed E-state index contributed by atoms with van der Waals surface area (Å²) < 4.78 is 0. The Morgan fingerprint density at radius 3 is 1.25 bits per heavy atom. The molecule has 0 amide bonds. The largest absolute Gasteiger partial charge is 0.480 e. The molecule has 0 aromatic rings. The van der Waals surface area contributed by atoms with Gasteiger partial charge in [-0.25, -0.2) is 0 Å². The number of carboxylic acids is 2. The highest BCUT2D eigenvalue weighted by molar-refractivity contribution is 5.94. The van der Waals surface area contributed by atoms with Crippen molar-refractivity contribution in [1.82, 2.24) is 0 Å². The number of rotatable bonds is 21. The molecule has 0 rings (SSSR count). The van der Waals surface area contributed by atoms with Crippen molar-refractivity contribution in [3.05, 3.63) is 12.2 Å². The van der Waals surface area contributed by atoms with Crippen molar-refractivity contribution in [3.63, 3.8) is 0 Å². The molecule has 0 aromatic heterocycles. The topological polar surface area (TPSA) is 74.6 Å². The van der Waals surface area contributed by atoms with Gasteiger partial charge in [0.2, 0.25) is 0 Å². The van der Waals surface area contributed by atoms with Crippen LogP contribution in [-0.2, 0) is 9.59 Å². The lowest BCUT2D eigenvalue weighted by Crippen LogP contribution is -2.20. The molecule has 0 unspecified atom stereocenters. The van der Waals surface area contributed by atoms with Crippen LogP contribution >= 0.6 is 0 Å². The van der Waals surface area contributed by atoms with E-state index in [1.54, 1.807) is 6.08 Å². The van der Waals surface area contributed by atoms with E-state index in [9.17, 15) is 9.59 Å². The molecule has 2 N–H and O–H groups in total. The molecule has 0 spiro atoms. The normalized spacial score (nSPS) is 11.5. The average molecular weight is 397 g/mol. The van der Waals surface area contributed by atoms with Crippen molar-refractivity contribution < 1.29 is 19.8 Å². The highest BCUT2D eigenvalue weighted by atomic mass is 16.4. The molecule has 4 nitrogen and oxygen atoms in total. The van der Waals surface area contributed by atoms with Crippen LogP contribution in [0, 0.1) is 5.92 Å². The molecule has 0 radical (unpaired) electrons. The molecule has 0 bridgehead atoms. The third-order valence-electron chi connectivity index (χ3n) is 5.33. The van der Waals surface area contributed by atoms with E-state index in [0.717, 1.165) is 19.3 Å². The molecule has 0 fully saturated rings. The first kappa shape index (κ1) is 26.7. The fourth-order valence-corrected chi connectivity index (χ4v) is 3.49. The predicted octanol–water partition coefficient (Wildman–Crippen LogP) is 7.37. The predicted molar refractivity (Wildman–Crippen MR) is 117 cm³/mol. The van der Waals surface area contributed by atoms with Crippen molar-refractivity contribution in [2.45, 2.75) is 122 Å². The Labute approximate surface area is 172 Å². The van der Waals surface area contributed by atoms with Crippen LogP contribution in [0.1, 0.15) is 122 Å². The Balaban J connectivity index is 3.26. The van der Waals surface area contributed by atoms with Crippen molar-refractivity contribution in [3.8, 4) is 0 Å². The number of unbranched alkanes of at least 4 members (excludes halogenated alkanes) is 17. The summed E-state index contributed by atoms with van der Waals surface area (Å²) in [6, 6.07) is 0. The molecule has 0 saturated heterocycles. The van der Waals surface area contributed by atoms with Crippen molar-refractivity contribution >= 4 is 11.9 Å². The zero-order chi connectivity index (χ0) is 20.9. The lowest BCUT2D eigenvalue weighted by Gasteiger charge is -2.03. The van der Waals surface area contributed by atoms with Crippen LogP contribution in [0.25, 0.3) is 0 Å². The molecule has 0 aliphatic carbocycles. The summed E-state index contributed by atoms with van der Waals surface area (Å²) >= 11 is 0. The molecule has 4 heteroatoms. The Morgan fingerprint density at radius 2 is 0.929 bits per heavy atom. The highest BCUT2D eigenvalue weighted by Crippen LogP contribution is 2.14. The molecule has 0 aromatic carbocycles. The fraction of sp³-hybridized carbons (Fsp3) is 0.833. The Morgan fingerprint density at radius 1 is 0.607 bits per heavy atom.